The van der Waals surface area contributed by atoms with Crippen LogP contribution in [0.5, 0.6) is 0 Å². The zero-order valence-corrected chi connectivity index (χ0v) is 14.2. The minimum atomic E-state index is 0.156. The molecule has 0 aromatic carbocycles. The van der Waals surface area contributed by atoms with Gasteiger partial charge in [-0.15, -0.1) is 0 Å². The number of rotatable bonds is 3. The van der Waals surface area contributed by atoms with Crippen molar-refractivity contribution >= 4 is 11.7 Å². The van der Waals surface area contributed by atoms with E-state index in [4.69, 9.17) is 4.98 Å². The van der Waals surface area contributed by atoms with Gasteiger partial charge in [0, 0.05) is 38.3 Å². The molecular weight excluding hydrogens is 300 g/mol. The molecule has 1 aromatic heterocycles. The number of hydrogen-bond donors (Lipinski definition) is 0. The number of nitrogens with zero attached hydrogens (tertiary/aromatic N) is 4. The third kappa shape index (κ3) is 2.58. The van der Waals surface area contributed by atoms with Crippen molar-refractivity contribution in [3.05, 3.63) is 18.1 Å². The number of carbonyl (C=O) groups excluding carboxylic acids is 1. The Balaban J connectivity index is 1.24. The molecule has 4 aliphatic rings. The van der Waals surface area contributed by atoms with Crippen LogP contribution in [0.3, 0.4) is 0 Å². The Morgan fingerprint density at radius 1 is 1.04 bits per heavy atom. The number of aromatic nitrogens is 2. The molecule has 3 unspecified atom stereocenters. The van der Waals surface area contributed by atoms with Gasteiger partial charge in [-0.3, -0.25) is 4.79 Å². The summed E-state index contributed by atoms with van der Waals surface area (Å²) >= 11 is 0. The molecule has 0 bridgehead atoms. The Kier molecular flexibility index (Phi) is 3.49. The van der Waals surface area contributed by atoms with E-state index in [2.05, 4.69) is 14.8 Å². The molecule has 1 aromatic rings. The summed E-state index contributed by atoms with van der Waals surface area (Å²) in [5.41, 5.74) is 0. The second-order valence-electron chi connectivity index (χ2n) is 8.17. The monoisotopic (exact) mass is 326 g/mol. The van der Waals surface area contributed by atoms with Crippen molar-refractivity contribution < 1.29 is 4.79 Å². The van der Waals surface area contributed by atoms with E-state index in [1.54, 1.807) is 0 Å². The van der Waals surface area contributed by atoms with Gasteiger partial charge in [0.15, 0.2) is 0 Å². The van der Waals surface area contributed by atoms with Gasteiger partial charge in [-0.05, 0) is 50.0 Å². The lowest BCUT2D eigenvalue weighted by atomic mass is 10.0. The van der Waals surface area contributed by atoms with Gasteiger partial charge in [0.1, 0.15) is 11.6 Å². The normalized spacial score (nSPS) is 32.4. The van der Waals surface area contributed by atoms with Crippen LogP contribution in [0.2, 0.25) is 0 Å². The highest BCUT2D eigenvalue weighted by atomic mass is 16.2. The van der Waals surface area contributed by atoms with Crippen LogP contribution in [0.1, 0.15) is 50.3 Å². The van der Waals surface area contributed by atoms with Gasteiger partial charge < -0.3 is 9.80 Å². The van der Waals surface area contributed by atoms with E-state index < -0.39 is 0 Å². The fourth-order valence-corrected chi connectivity index (χ4v) is 4.92. The topological polar surface area (TPSA) is 49.3 Å². The summed E-state index contributed by atoms with van der Waals surface area (Å²) in [5, 5.41) is 0. The second-order valence-corrected chi connectivity index (χ2v) is 8.17. The second kappa shape index (κ2) is 5.71. The van der Waals surface area contributed by atoms with Gasteiger partial charge >= 0.3 is 0 Å². The summed E-state index contributed by atoms with van der Waals surface area (Å²) in [6, 6.07) is 2.00. The number of fused-ring (bicyclic) bond motifs is 1. The lowest BCUT2D eigenvalue weighted by Gasteiger charge is -2.22. The molecule has 0 N–H and O–H groups in total. The number of hydrogen-bond acceptors (Lipinski definition) is 4. The van der Waals surface area contributed by atoms with Crippen molar-refractivity contribution in [2.24, 2.45) is 17.8 Å². The van der Waals surface area contributed by atoms with Crippen LogP contribution in [0.15, 0.2) is 12.3 Å². The zero-order valence-electron chi connectivity index (χ0n) is 14.2. The standard InChI is InChI=1S/C19H26N4O/c24-19(23-10-14-2-1-3-15(14)11-23)16-7-9-22(12-16)17-6-8-20-18(21-17)13-4-5-13/h6,8,13-16H,1-5,7,9-12H2. The first-order chi connectivity index (χ1) is 11.8. The summed E-state index contributed by atoms with van der Waals surface area (Å²) in [7, 11) is 0. The minimum absolute atomic E-state index is 0.156. The van der Waals surface area contributed by atoms with E-state index in [9.17, 15) is 4.79 Å². The van der Waals surface area contributed by atoms with Crippen LogP contribution >= 0.6 is 0 Å². The molecule has 24 heavy (non-hydrogen) atoms. The van der Waals surface area contributed by atoms with Crippen LogP contribution < -0.4 is 4.90 Å². The van der Waals surface area contributed by atoms with Crippen LogP contribution in [0, 0.1) is 17.8 Å². The van der Waals surface area contributed by atoms with Crippen LogP contribution in [0.4, 0.5) is 5.82 Å². The van der Waals surface area contributed by atoms with Gasteiger partial charge in [0.05, 0.1) is 5.92 Å². The van der Waals surface area contributed by atoms with Crippen LogP contribution in [0.25, 0.3) is 0 Å². The SMILES string of the molecule is O=C(C1CCN(c2ccnc(C3CC3)n2)C1)N1CC2CCCC2C1. The largest absolute Gasteiger partial charge is 0.356 e. The average Bonchev–Trinajstić information content (AvgIpc) is 3.00. The molecule has 1 amide bonds. The molecular formula is C19H26N4O. The van der Waals surface area contributed by atoms with Crippen molar-refractivity contribution in [3.8, 4) is 0 Å². The molecule has 0 spiro atoms. The first-order valence-electron chi connectivity index (χ1n) is 9.64. The van der Waals surface area contributed by atoms with E-state index in [0.29, 0.717) is 11.8 Å². The average molecular weight is 326 g/mol. The molecule has 2 aliphatic heterocycles. The molecule has 5 nitrogen and oxygen atoms in total. The van der Waals surface area contributed by atoms with E-state index in [1.807, 2.05) is 12.3 Å². The third-order valence-electron chi connectivity index (χ3n) is 6.50. The van der Waals surface area contributed by atoms with Gasteiger partial charge in [0.25, 0.3) is 0 Å². The molecule has 2 aliphatic carbocycles. The Morgan fingerprint density at radius 2 is 1.83 bits per heavy atom. The molecule has 5 rings (SSSR count). The first kappa shape index (κ1) is 14.7. The maximum atomic E-state index is 12.9. The van der Waals surface area contributed by atoms with Crippen molar-refractivity contribution in [1.29, 1.82) is 0 Å². The Labute approximate surface area is 143 Å². The number of amides is 1. The fraction of sp³-hybridized carbons (Fsp3) is 0.737. The summed E-state index contributed by atoms with van der Waals surface area (Å²) < 4.78 is 0. The van der Waals surface area contributed by atoms with Gasteiger partial charge in [-0.1, -0.05) is 6.42 Å². The number of likely N-dealkylation sites (tertiary alicyclic amines) is 1. The zero-order chi connectivity index (χ0) is 16.1. The maximum absolute atomic E-state index is 12.9. The van der Waals surface area contributed by atoms with E-state index >= 15 is 0 Å². The van der Waals surface area contributed by atoms with Crippen molar-refractivity contribution in [3.63, 3.8) is 0 Å². The molecule has 3 heterocycles. The van der Waals surface area contributed by atoms with Gasteiger partial charge in [-0.25, -0.2) is 9.97 Å². The smallest absolute Gasteiger partial charge is 0.227 e. The van der Waals surface area contributed by atoms with E-state index in [1.165, 1.54) is 32.1 Å². The highest BCUT2D eigenvalue weighted by molar-refractivity contribution is 5.80. The highest BCUT2D eigenvalue weighted by Gasteiger charge is 2.41. The van der Waals surface area contributed by atoms with Crippen LogP contribution in [-0.2, 0) is 4.79 Å². The molecule has 0 radical (unpaired) electrons. The quantitative estimate of drug-likeness (QED) is 0.856. The number of anilines is 1. The predicted molar refractivity (Wildman–Crippen MR) is 91.7 cm³/mol. The lowest BCUT2D eigenvalue weighted by molar-refractivity contribution is -0.134. The Hall–Kier alpha value is -1.65. The summed E-state index contributed by atoms with van der Waals surface area (Å²) in [6.07, 6.45) is 9.32. The molecule has 4 fully saturated rings. The fourth-order valence-electron chi connectivity index (χ4n) is 4.92. The minimum Gasteiger partial charge on any atom is -0.356 e. The number of carbonyl (C=O) groups is 1. The van der Waals surface area contributed by atoms with Gasteiger partial charge in [-0.2, -0.15) is 0 Å². The van der Waals surface area contributed by atoms with E-state index in [-0.39, 0.29) is 5.92 Å². The Bertz CT molecular complexity index is 632. The molecule has 2 saturated carbocycles. The molecule has 3 atom stereocenters. The van der Waals surface area contributed by atoms with Gasteiger partial charge in [0.2, 0.25) is 5.91 Å². The van der Waals surface area contributed by atoms with Crippen molar-refractivity contribution in [2.45, 2.75) is 44.4 Å². The lowest BCUT2D eigenvalue weighted by Crippen LogP contribution is -2.36. The van der Waals surface area contributed by atoms with E-state index in [0.717, 1.165) is 56.1 Å². The third-order valence-corrected chi connectivity index (χ3v) is 6.50. The predicted octanol–water partition coefficient (Wildman–Crippen LogP) is 2.44. The Morgan fingerprint density at radius 3 is 2.58 bits per heavy atom. The maximum Gasteiger partial charge on any atom is 0.227 e. The summed E-state index contributed by atoms with van der Waals surface area (Å²) in [5.74, 6) is 4.71. The highest BCUT2D eigenvalue weighted by Crippen LogP contribution is 2.40. The summed E-state index contributed by atoms with van der Waals surface area (Å²) in [4.78, 5) is 26.5. The van der Waals surface area contributed by atoms with Crippen molar-refractivity contribution in [2.75, 3.05) is 31.1 Å². The molecule has 128 valence electrons. The molecule has 2 saturated heterocycles. The summed E-state index contributed by atoms with van der Waals surface area (Å²) in [6.45, 7) is 3.79. The first-order valence-corrected chi connectivity index (χ1v) is 9.64. The van der Waals surface area contributed by atoms with Crippen LogP contribution in [-0.4, -0.2) is 47.0 Å². The molecule has 5 heteroatoms. The van der Waals surface area contributed by atoms with Crippen molar-refractivity contribution in [1.82, 2.24) is 14.9 Å².